The molecule has 3 N–H and O–H groups in total. The van der Waals surface area contributed by atoms with Gasteiger partial charge in [0.15, 0.2) is 0 Å². The molecule has 26 heavy (non-hydrogen) atoms. The Labute approximate surface area is 157 Å². The number of nitrogens with zero attached hydrogens (tertiary/aromatic N) is 2. The zero-order valence-corrected chi connectivity index (χ0v) is 15.6. The Morgan fingerprint density at radius 3 is 3.19 bits per heavy atom. The molecule has 0 radical (unpaired) electrons. The molecule has 0 saturated heterocycles. The Balaban J connectivity index is 1.52. The van der Waals surface area contributed by atoms with Crippen molar-refractivity contribution in [3.8, 4) is 0 Å². The predicted octanol–water partition coefficient (Wildman–Crippen LogP) is 2.73. The fraction of sp³-hybridized carbons (Fsp3) is 0.368. The lowest BCUT2D eigenvalue weighted by Crippen LogP contribution is -2.40. The summed E-state index contributed by atoms with van der Waals surface area (Å²) >= 11 is 1.61. The standard InChI is InChI=1S/C19H23N5OS/c1-13(15-4-2-3-7-20-15)23-19(25)17-12-24(10-11-26-17)16-6-9-22-18-14(16)5-8-21-18/h4-6,8-9,12-13,20H,2-3,7,10-11H2,1H3,(H,21,22)(H,23,25). The van der Waals surface area contributed by atoms with Crippen molar-refractivity contribution < 1.29 is 4.79 Å². The summed E-state index contributed by atoms with van der Waals surface area (Å²) in [6.07, 6.45) is 10.1. The normalized spacial score (nSPS) is 18.7. The fourth-order valence-corrected chi connectivity index (χ4v) is 4.25. The lowest BCUT2D eigenvalue weighted by Gasteiger charge is -2.28. The number of carbonyl (C=O) groups excluding carboxylic acids is 1. The number of rotatable bonds is 4. The third kappa shape index (κ3) is 3.44. The van der Waals surface area contributed by atoms with E-state index in [-0.39, 0.29) is 11.9 Å². The maximum absolute atomic E-state index is 12.7. The fourth-order valence-electron chi connectivity index (χ4n) is 3.35. The number of carbonyl (C=O) groups is 1. The van der Waals surface area contributed by atoms with Crippen molar-refractivity contribution in [1.29, 1.82) is 0 Å². The first-order valence-electron chi connectivity index (χ1n) is 9.00. The Morgan fingerprint density at radius 2 is 2.35 bits per heavy atom. The predicted molar refractivity (Wildman–Crippen MR) is 107 cm³/mol. The summed E-state index contributed by atoms with van der Waals surface area (Å²) < 4.78 is 0. The highest BCUT2D eigenvalue weighted by Gasteiger charge is 2.22. The van der Waals surface area contributed by atoms with E-state index in [1.54, 1.807) is 18.0 Å². The van der Waals surface area contributed by atoms with Crippen molar-refractivity contribution in [3.63, 3.8) is 0 Å². The van der Waals surface area contributed by atoms with Gasteiger partial charge in [-0.2, -0.15) is 0 Å². The topological polar surface area (TPSA) is 73.0 Å². The van der Waals surface area contributed by atoms with Crippen molar-refractivity contribution in [2.45, 2.75) is 25.8 Å². The van der Waals surface area contributed by atoms with E-state index in [2.05, 4.69) is 31.6 Å². The summed E-state index contributed by atoms with van der Waals surface area (Å²) in [4.78, 5) is 23.1. The zero-order valence-electron chi connectivity index (χ0n) is 14.8. The van der Waals surface area contributed by atoms with Gasteiger partial charge < -0.3 is 20.5 Å². The van der Waals surface area contributed by atoms with E-state index in [9.17, 15) is 4.79 Å². The van der Waals surface area contributed by atoms with E-state index >= 15 is 0 Å². The van der Waals surface area contributed by atoms with Crippen molar-refractivity contribution in [2.24, 2.45) is 0 Å². The van der Waals surface area contributed by atoms with Crippen LogP contribution in [0.4, 0.5) is 5.69 Å². The monoisotopic (exact) mass is 369 g/mol. The van der Waals surface area contributed by atoms with Gasteiger partial charge >= 0.3 is 0 Å². The molecule has 0 aliphatic carbocycles. The number of H-pyrrole nitrogens is 1. The van der Waals surface area contributed by atoms with E-state index in [1.807, 2.05) is 31.5 Å². The highest BCUT2D eigenvalue weighted by Crippen LogP contribution is 2.30. The maximum atomic E-state index is 12.7. The Hall–Kier alpha value is -2.41. The minimum absolute atomic E-state index is 0.00279. The van der Waals surface area contributed by atoms with Crippen LogP contribution in [0.3, 0.4) is 0 Å². The van der Waals surface area contributed by atoms with Gasteiger partial charge in [0.25, 0.3) is 5.91 Å². The highest BCUT2D eigenvalue weighted by molar-refractivity contribution is 8.04. The molecule has 0 bridgehead atoms. The van der Waals surface area contributed by atoms with Gasteiger partial charge in [-0.05, 0) is 31.9 Å². The molecule has 1 unspecified atom stereocenters. The van der Waals surface area contributed by atoms with Crippen LogP contribution in [0.15, 0.2) is 47.4 Å². The van der Waals surface area contributed by atoms with Crippen molar-refractivity contribution in [3.05, 3.63) is 47.4 Å². The molecule has 0 spiro atoms. The number of hydrogen-bond donors (Lipinski definition) is 3. The molecule has 4 rings (SSSR count). The van der Waals surface area contributed by atoms with E-state index in [4.69, 9.17) is 0 Å². The summed E-state index contributed by atoms with van der Waals surface area (Å²) in [5.74, 6) is 0.864. The van der Waals surface area contributed by atoms with Crippen LogP contribution < -0.4 is 15.5 Å². The van der Waals surface area contributed by atoms with E-state index < -0.39 is 0 Å². The molecule has 2 aromatic heterocycles. The number of aromatic amines is 1. The van der Waals surface area contributed by atoms with Crippen LogP contribution >= 0.6 is 11.8 Å². The second kappa shape index (κ2) is 7.45. The van der Waals surface area contributed by atoms with Gasteiger partial charge in [0.2, 0.25) is 0 Å². The minimum atomic E-state index is -0.0140. The molecule has 1 atom stereocenters. The average molecular weight is 369 g/mol. The first kappa shape index (κ1) is 17.0. The number of allylic oxidation sites excluding steroid dienone is 1. The SMILES string of the molecule is CC(NC(=O)C1=CN(c2ccnc3[nH]ccc23)CCS1)C1=CCCCN1. The lowest BCUT2D eigenvalue weighted by molar-refractivity contribution is -0.117. The number of anilines is 1. The minimum Gasteiger partial charge on any atom is -0.387 e. The van der Waals surface area contributed by atoms with Gasteiger partial charge in [-0.15, -0.1) is 11.8 Å². The quantitative estimate of drug-likeness (QED) is 0.773. The molecule has 0 aromatic carbocycles. The number of aromatic nitrogens is 2. The molecule has 2 aliphatic heterocycles. The first-order chi connectivity index (χ1) is 12.7. The molecule has 0 fully saturated rings. The molecule has 2 aromatic rings. The largest absolute Gasteiger partial charge is 0.387 e. The first-order valence-corrected chi connectivity index (χ1v) is 9.99. The van der Waals surface area contributed by atoms with Crippen LogP contribution in [-0.2, 0) is 4.79 Å². The smallest absolute Gasteiger partial charge is 0.259 e. The third-order valence-electron chi connectivity index (χ3n) is 4.72. The van der Waals surface area contributed by atoms with E-state index in [0.717, 1.165) is 59.0 Å². The maximum Gasteiger partial charge on any atom is 0.259 e. The zero-order chi connectivity index (χ0) is 17.9. The van der Waals surface area contributed by atoms with Gasteiger partial charge in [-0.1, -0.05) is 6.08 Å². The Morgan fingerprint density at radius 1 is 1.42 bits per heavy atom. The van der Waals surface area contributed by atoms with Crippen molar-refractivity contribution in [1.82, 2.24) is 20.6 Å². The van der Waals surface area contributed by atoms with Gasteiger partial charge in [0.05, 0.1) is 16.6 Å². The molecule has 136 valence electrons. The van der Waals surface area contributed by atoms with Gasteiger partial charge in [0.1, 0.15) is 5.65 Å². The number of amides is 1. The molecule has 2 aliphatic rings. The van der Waals surface area contributed by atoms with E-state index in [1.165, 1.54) is 0 Å². The van der Waals surface area contributed by atoms with Crippen molar-refractivity contribution in [2.75, 3.05) is 23.7 Å². The number of nitrogens with one attached hydrogen (secondary N) is 3. The number of hydrogen-bond acceptors (Lipinski definition) is 5. The summed E-state index contributed by atoms with van der Waals surface area (Å²) in [5, 5.41) is 7.57. The van der Waals surface area contributed by atoms with E-state index in [0.29, 0.717) is 0 Å². The summed E-state index contributed by atoms with van der Waals surface area (Å²) in [7, 11) is 0. The lowest BCUT2D eigenvalue weighted by atomic mass is 10.1. The second-order valence-corrected chi connectivity index (χ2v) is 7.67. The van der Waals surface area contributed by atoms with Crippen LogP contribution in [0.5, 0.6) is 0 Å². The van der Waals surface area contributed by atoms with Gasteiger partial charge in [-0.25, -0.2) is 4.98 Å². The summed E-state index contributed by atoms with van der Waals surface area (Å²) in [6.45, 7) is 3.88. The summed E-state index contributed by atoms with van der Waals surface area (Å²) in [5.41, 5.74) is 3.06. The van der Waals surface area contributed by atoms with Crippen LogP contribution in [0.1, 0.15) is 19.8 Å². The van der Waals surface area contributed by atoms with Crippen LogP contribution in [0.25, 0.3) is 11.0 Å². The van der Waals surface area contributed by atoms with Crippen LogP contribution in [-0.4, -0.2) is 40.8 Å². The van der Waals surface area contributed by atoms with Crippen LogP contribution in [0, 0.1) is 0 Å². The molecule has 6 nitrogen and oxygen atoms in total. The highest BCUT2D eigenvalue weighted by atomic mass is 32.2. The molecule has 1 amide bonds. The molecule has 4 heterocycles. The Kier molecular flexibility index (Phi) is 4.88. The van der Waals surface area contributed by atoms with Gasteiger partial charge in [0, 0.05) is 48.5 Å². The number of pyridine rings is 1. The van der Waals surface area contributed by atoms with Crippen LogP contribution in [0.2, 0.25) is 0 Å². The molecular formula is C19H23N5OS. The number of thioether (sulfide) groups is 1. The van der Waals surface area contributed by atoms with Crippen molar-refractivity contribution >= 4 is 34.4 Å². The molecule has 0 saturated carbocycles. The Bertz CT molecular complexity index is 872. The molecule has 7 heteroatoms. The second-order valence-electron chi connectivity index (χ2n) is 6.53. The summed E-state index contributed by atoms with van der Waals surface area (Å²) in [6, 6.07) is 4.02. The third-order valence-corrected chi connectivity index (χ3v) is 5.71. The number of fused-ring (bicyclic) bond motifs is 1. The van der Waals surface area contributed by atoms with Gasteiger partial charge in [-0.3, -0.25) is 4.79 Å². The average Bonchev–Trinajstić information content (AvgIpc) is 3.17. The molecular weight excluding hydrogens is 346 g/mol.